The zero-order valence-electron chi connectivity index (χ0n) is 20.3. The highest BCUT2D eigenvalue weighted by molar-refractivity contribution is 5.95. The Kier molecular flexibility index (Phi) is 7.20. The molecule has 2 aliphatic rings. The standard InChI is InChI=1S/C27H30N6O3/c1-36-11-9-28-25(34)21-13-19-14-22(15-21)31-27-29-8-7-23(32-27)20-5-2-4-18(12-20)16-30-26(35)24-6-3-10-33(24)17-19/h2,4-5,7-8,12-15,24H,3,6,9-11,16-17H2,1H3,(H,28,34)(H,30,35)(H,29,31,32)/t24-/m0/s1. The Morgan fingerprint density at radius 1 is 1.19 bits per heavy atom. The zero-order valence-corrected chi connectivity index (χ0v) is 20.3. The Hall–Kier alpha value is -3.82. The number of rotatable bonds is 4. The molecule has 2 aromatic carbocycles. The molecule has 3 aromatic rings. The number of hydrogen-bond acceptors (Lipinski definition) is 7. The van der Waals surface area contributed by atoms with E-state index in [1.165, 1.54) is 0 Å². The summed E-state index contributed by atoms with van der Waals surface area (Å²) in [5.41, 5.74) is 4.89. The third-order valence-corrected chi connectivity index (χ3v) is 6.50. The van der Waals surface area contributed by atoms with Crippen LogP contribution >= 0.6 is 0 Å². The van der Waals surface area contributed by atoms with E-state index >= 15 is 0 Å². The van der Waals surface area contributed by atoms with Crippen molar-refractivity contribution in [3.63, 3.8) is 0 Å². The van der Waals surface area contributed by atoms with Gasteiger partial charge in [-0.2, -0.15) is 0 Å². The molecule has 3 N–H and O–H groups in total. The molecule has 2 aliphatic heterocycles. The van der Waals surface area contributed by atoms with Gasteiger partial charge in [0.2, 0.25) is 11.9 Å². The second-order valence-corrected chi connectivity index (χ2v) is 9.10. The van der Waals surface area contributed by atoms with Gasteiger partial charge in [0.15, 0.2) is 0 Å². The van der Waals surface area contributed by atoms with Crippen LogP contribution in [0.15, 0.2) is 54.7 Å². The molecule has 3 heterocycles. The van der Waals surface area contributed by atoms with Crippen molar-refractivity contribution in [3.8, 4) is 11.3 Å². The van der Waals surface area contributed by atoms with E-state index in [0.717, 1.165) is 41.8 Å². The van der Waals surface area contributed by atoms with E-state index in [2.05, 4.69) is 25.8 Å². The number of carbonyl (C=O) groups is 2. The van der Waals surface area contributed by atoms with E-state index in [4.69, 9.17) is 9.72 Å². The van der Waals surface area contributed by atoms with Gasteiger partial charge in [0.1, 0.15) is 0 Å². The molecule has 6 bridgehead atoms. The fraction of sp³-hybridized carbons (Fsp3) is 0.333. The number of carbonyl (C=O) groups excluding carboxylic acids is 2. The lowest BCUT2D eigenvalue weighted by molar-refractivity contribution is -0.125. The summed E-state index contributed by atoms with van der Waals surface area (Å²) in [6.45, 7) is 2.69. The Bertz CT molecular complexity index is 1260. The summed E-state index contributed by atoms with van der Waals surface area (Å²) in [7, 11) is 1.60. The minimum Gasteiger partial charge on any atom is -0.383 e. The minimum atomic E-state index is -0.201. The molecule has 5 rings (SSSR count). The predicted molar refractivity (Wildman–Crippen MR) is 137 cm³/mol. The molecule has 9 heteroatoms. The van der Waals surface area contributed by atoms with Crippen molar-refractivity contribution < 1.29 is 14.3 Å². The zero-order chi connectivity index (χ0) is 24.9. The SMILES string of the molecule is COCCNC(=O)c1cc2cc(c1)Nc1nccc(n1)-c1cccc(c1)CNC(=O)[C@@H]1CCCN1C2. The second kappa shape index (κ2) is 10.8. The summed E-state index contributed by atoms with van der Waals surface area (Å²) in [6, 6.07) is 15.3. The largest absolute Gasteiger partial charge is 0.383 e. The number of hydrogen-bond donors (Lipinski definition) is 3. The third kappa shape index (κ3) is 5.53. The van der Waals surface area contributed by atoms with Gasteiger partial charge in [0.25, 0.3) is 5.91 Å². The van der Waals surface area contributed by atoms with E-state index in [0.29, 0.717) is 43.4 Å². The van der Waals surface area contributed by atoms with Crippen LogP contribution < -0.4 is 16.0 Å². The van der Waals surface area contributed by atoms with Crippen LogP contribution in [0.2, 0.25) is 0 Å². The van der Waals surface area contributed by atoms with Crippen LogP contribution in [0.5, 0.6) is 0 Å². The van der Waals surface area contributed by atoms with E-state index < -0.39 is 0 Å². The van der Waals surface area contributed by atoms with Crippen molar-refractivity contribution in [3.05, 3.63) is 71.4 Å². The molecular formula is C27H30N6O3. The maximum Gasteiger partial charge on any atom is 0.251 e. The van der Waals surface area contributed by atoms with Gasteiger partial charge in [-0.05, 0) is 60.8 Å². The van der Waals surface area contributed by atoms with Gasteiger partial charge in [-0.15, -0.1) is 0 Å². The van der Waals surface area contributed by atoms with Gasteiger partial charge in [0.05, 0.1) is 18.3 Å². The summed E-state index contributed by atoms with van der Waals surface area (Å²) >= 11 is 0. The number of ether oxygens (including phenoxy) is 1. The fourth-order valence-corrected chi connectivity index (χ4v) is 4.76. The normalized spacial score (nSPS) is 17.6. The van der Waals surface area contributed by atoms with Crippen LogP contribution in [0.3, 0.4) is 0 Å². The first kappa shape index (κ1) is 23.9. The number of nitrogens with one attached hydrogen (secondary N) is 3. The number of fused-ring (bicyclic) bond motifs is 8. The molecule has 1 saturated heterocycles. The first-order chi connectivity index (χ1) is 17.6. The monoisotopic (exact) mass is 486 g/mol. The maximum absolute atomic E-state index is 13.1. The highest BCUT2D eigenvalue weighted by atomic mass is 16.5. The fourth-order valence-electron chi connectivity index (χ4n) is 4.76. The summed E-state index contributed by atoms with van der Waals surface area (Å²) in [5, 5.41) is 9.28. The minimum absolute atomic E-state index is 0.0288. The highest BCUT2D eigenvalue weighted by Crippen LogP contribution is 2.26. The van der Waals surface area contributed by atoms with Gasteiger partial charge in [-0.25, -0.2) is 9.97 Å². The molecule has 2 amide bonds. The third-order valence-electron chi connectivity index (χ3n) is 6.50. The first-order valence-corrected chi connectivity index (χ1v) is 12.2. The lowest BCUT2D eigenvalue weighted by Gasteiger charge is -2.24. The molecule has 0 radical (unpaired) electrons. The maximum atomic E-state index is 13.1. The van der Waals surface area contributed by atoms with Gasteiger partial charge in [0, 0.05) is 49.8 Å². The van der Waals surface area contributed by atoms with Crippen molar-refractivity contribution >= 4 is 23.5 Å². The number of methoxy groups -OCH3 is 1. The number of benzene rings is 2. The van der Waals surface area contributed by atoms with E-state index in [9.17, 15) is 9.59 Å². The number of aromatic nitrogens is 2. The molecule has 9 nitrogen and oxygen atoms in total. The van der Waals surface area contributed by atoms with Crippen molar-refractivity contribution in [1.29, 1.82) is 0 Å². The highest BCUT2D eigenvalue weighted by Gasteiger charge is 2.30. The smallest absolute Gasteiger partial charge is 0.251 e. The average Bonchev–Trinajstić information content (AvgIpc) is 3.35. The van der Waals surface area contributed by atoms with Gasteiger partial charge < -0.3 is 20.7 Å². The quantitative estimate of drug-likeness (QED) is 0.487. The van der Waals surface area contributed by atoms with Crippen LogP contribution in [-0.2, 0) is 22.6 Å². The van der Waals surface area contributed by atoms with Crippen molar-refractivity contribution in [1.82, 2.24) is 25.5 Å². The number of anilines is 2. The topological polar surface area (TPSA) is 108 Å². The molecule has 0 aliphatic carbocycles. The van der Waals surface area contributed by atoms with Gasteiger partial charge in [-0.1, -0.05) is 18.2 Å². The summed E-state index contributed by atoms with van der Waals surface area (Å²) in [5.74, 6) is 0.287. The van der Waals surface area contributed by atoms with Crippen molar-refractivity contribution in [2.45, 2.75) is 32.0 Å². The lowest BCUT2D eigenvalue weighted by atomic mass is 10.1. The Labute approximate surface area is 210 Å². The van der Waals surface area contributed by atoms with E-state index in [-0.39, 0.29) is 17.9 Å². The molecule has 0 spiro atoms. The molecule has 0 unspecified atom stereocenters. The Morgan fingerprint density at radius 3 is 3.00 bits per heavy atom. The van der Waals surface area contributed by atoms with Crippen LogP contribution in [0.1, 0.15) is 34.3 Å². The molecule has 186 valence electrons. The summed E-state index contributed by atoms with van der Waals surface area (Å²) < 4.78 is 5.05. The molecule has 1 fully saturated rings. The molecule has 0 saturated carbocycles. The number of nitrogens with zero attached hydrogens (tertiary/aromatic N) is 3. The predicted octanol–water partition coefficient (Wildman–Crippen LogP) is 2.86. The van der Waals surface area contributed by atoms with Crippen LogP contribution in [0.4, 0.5) is 11.6 Å². The van der Waals surface area contributed by atoms with Crippen LogP contribution in [0, 0.1) is 0 Å². The molecular weight excluding hydrogens is 456 g/mol. The number of amides is 2. The summed E-state index contributed by atoms with van der Waals surface area (Å²) in [4.78, 5) is 37.3. The van der Waals surface area contributed by atoms with Crippen LogP contribution in [0.25, 0.3) is 11.3 Å². The van der Waals surface area contributed by atoms with E-state index in [1.54, 1.807) is 19.4 Å². The van der Waals surface area contributed by atoms with Crippen molar-refractivity contribution in [2.75, 3.05) is 32.1 Å². The summed E-state index contributed by atoms with van der Waals surface area (Å²) in [6.07, 6.45) is 3.47. The molecule has 1 atom stereocenters. The van der Waals surface area contributed by atoms with Gasteiger partial charge in [-0.3, -0.25) is 14.5 Å². The lowest BCUT2D eigenvalue weighted by Crippen LogP contribution is -2.42. The average molecular weight is 487 g/mol. The Morgan fingerprint density at radius 2 is 2.11 bits per heavy atom. The first-order valence-electron chi connectivity index (χ1n) is 12.2. The van der Waals surface area contributed by atoms with Crippen molar-refractivity contribution in [2.24, 2.45) is 0 Å². The van der Waals surface area contributed by atoms with Gasteiger partial charge >= 0.3 is 0 Å². The van der Waals surface area contributed by atoms with Crippen LogP contribution in [-0.4, -0.2) is 59.5 Å². The molecule has 1 aromatic heterocycles. The Balaban J connectivity index is 1.54. The van der Waals surface area contributed by atoms with E-state index in [1.807, 2.05) is 42.5 Å². The second-order valence-electron chi connectivity index (χ2n) is 9.10. The molecule has 36 heavy (non-hydrogen) atoms.